The molecule has 2 aromatic rings. The summed E-state index contributed by atoms with van der Waals surface area (Å²) in [6, 6.07) is -0.267. The molecule has 9 heteroatoms. The second-order valence-corrected chi connectivity index (χ2v) is 6.46. The fourth-order valence-corrected chi connectivity index (χ4v) is 3.03. The van der Waals surface area contributed by atoms with Crippen molar-refractivity contribution >= 4 is 23.2 Å². The first-order valence-electron chi connectivity index (χ1n) is 9.25. The largest absolute Gasteiger partial charge is 0.462 e. The second kappa shape index (κ2) is 9.69. The Morgan fingerprint density at radius 3 is 2.52 bits per heavy atom. The van der Waals surface area contributed by atoms with Crippen LogP contribution in [0.1, 0.15) is 60.5 Å². The summed E-state index contributed by atoms with van der Waals surface area (Å²) in [6.45, 7) is 5.29. The molecule has 1 atom stereocenters. The van der Waals surface area contributed by atoms with Crippen LogP contribution < -0.4 is 5.43 Å². The molecule has 1 heterocycles. The minimum absolute atomic E-state index is 0.0144. The van der Waals surface area contributed by atoms with Gasteiger partial charge in [-0.1, -0.05) is 13.3 Å². The molecule has 0 spiro atoms. The van der Waals surface area contributed by atoms with E-state index in [2.05, 4.69) is 0 Å². The van der Waals surface area contributed by atoms with Gasteiger partial charge >= 0.3 is 5.97 Å². The van der Waals surface area contributed by atoms with Crippen LogP contribution in [0, 0.1) is 17.5 Å². The molecule has 0 saturated carbocycles. The third-order valence-electron chi connectivity index (χ3n) is 4.40. The molecular weight excluding hydrogens is 391 g/mol. The zero-order valence-corrected chi connectivity index (χ0v) is 16.4. The number of aromatic nitrogens is 1. The number of nitrogens with zero attached hydrogens (tertiary/aromatic N) is 1. The molecule has 0 unspecified atom stereocenters. The summed E-state index contributed by atoms with van der Waals surface area (Å²) >= 11 is 0. The first-order valence-corrected chi connectivity index (χ1v) is 9.25. The van der Waals surface area contributed by atoms with E-state index in [4.69, 9.17) is 9.47 Å². The number of hydrogen-bond acceptors (Lipinski definition) is 5. The molecule has 0 radical (unpaired) electrons. The molecule has 6 nitrogen and oxygen atoms in total. The van der Waals surface area contributed by atoms with E-state index in [-0.39, 0.29) is 19.5 Å². The lowest BCUT2D eigenvalue weighted by molar-refractivity contribution is 0.0520. The number of halogens is 3. The maximum Gasteiger partial charge on any atom is 0.344 e. The molecule has 29 heavy (non-hydrogen) atoms. The number of benzene rings is 1. The Morgan fingerprint density at radius 2 is 1.93 bits per heavy atom. The van der Waals surface area contributed by atoms with Crippen LogP contribution in [0.3, 0.4) is 0 Å². The first kappa shape index (κ1) is 22.6. The molecular formula is C20H22F3NO5. The van der Waals surface area contributed by atoms with E-state index < -0.39 is 57.1 Å². The van der Waals surface area contributed by atoms with Gasteiger partial charge in [-0.15, -0.1) is 0 Å². The number of esters is 1. The third kappa shape index (κ3) is 4.34. The van der Waals surface area contributed by atoms with Gasteiger partial charge in [-0.25, -0.2) is 18.0 Å². The van der Waals surface area contributed by atoms with Crippen LogP contribution in [0.2, 0.25) is 0 Å². The summed E-state index contributed by atoms with van der Waals surface area (Å²) in [6.07, 6.45) is 1.83. The van der Waals surface area contributed by atoms with Crippen molar-refractivity contribution in [3.05, 3.63) is 45.0 Å². The quantitative estimate of drug-likeness (QED) is 0.271. The molecule has 0 aliphatic heterocycles. The van der Waals surface area contributed by atoms with Crippen molar-refractivity contribution in [1.82, 2.24) is 4.57 Å². The van der Waals surface area contributed by atoms with Crippen molar-refractivity contribution in [2.24, 2.45) is 0 Å². The molecule has 0 amide bonds. The summed E-state index contributed by atoms with van der Waals surface area (Å²) in [5.41, 5.74) is -2.89. The van der Waals surface area contributed by atoms with Gasteiger partial charge in [0.1, 0.15) is 11.3 Å². The van der Waals surface area contributed by atoms with Crippen LogP contribution in [0.15, 0.2) is 10.9 Å². The van der Waals surface area contributed by atoms with Crippen molar-refractivity contribution in [1.29, 1.82) is 0 Å². The smallest absolute Gasteiger partial charge is 0.344 e. The van der Waals surface area contributed by atoms with Gasteiger partial charge in [0.25, 0.3) is 0 Å². The minimum Gasteiger partial charge on any atom is -0.462 e. The number of unbranched alkanes of at least 4 members (excludes halogenated alkanes) is 1. The summed E-state index contributed by atoms with van der Waals surface area (Å²) in [5, 5.41) is -0.574. The Hall–Kier alpha value is -2.68. The minimum atomic E-state index is -1.79. The fourth-order valence-electron chi connectivity index (χ4n) is 3.03. The predicted molar refractivity (Wildman–Crippen MR) is 99.9 cm³/mol. The van der Waals surface area contributed by atoms with Gasteiger partial charge in [-0.05, 0) is 26.3 Å². The SMILES string of the molecule is CCCCOC[C@H](C)n1c(C=O)c(C(=O)OCC)c(=O)c2cc(F)c(F)c(F)c21. The molecule has 2 rings (SSSR count). The van der Waals surface area contributed by atoms with E-state index in [0.29, 0.717) is 12.7 Å². The maximum absolute atomic E-state index is 14.7. The zero-order valence-electron chi connectivity index (χ0n) is 16.4. The van der Waals surface area contributed by atoms with Crippen LogP contribution in [0.5, 0.6) is 0 Å². The number of carbonyl (C=O) groups is 2. The van der Waals surface area contributed by atoms with E-state index in [0.717, 1.165) is 17.4 Å². The number of hydrogen-bond donors (Lipinski definition) is 0. The lowest BCUT2D eigenvalue weighted by Gasteiger charge is -2.23. The van der Waals surface area contributed by atoms with Crippen molar-refractivity contribution in [3.8, 4) is 0 Å². The van der Waals surface area contributed by atoms with Crippen LogP contribution in [-0.2, 0) is 9.47 Å². The van der Waals surface area contributed by atoms with Gasteiger partial charge in [0.2, 0.25) is 5.43 Å². The summed E-state index contributed by atoms with van der Waals surface area (Å²) in [7, 11) is 0. The second-order valence-electron chi connectivity index (χ2n) is 6.46. The molecule has 0 bridgehead atoms. The lowest BCUT2D eigenvalue weighted by Crippen LogP contribution is -2.29. The standard InChI is InChI=1S/C20H22F3NO5/c1-4-6-7-28-10-11(3)24-14(9-25)15(20(27)29-5-2)19(26)12-8-13(21)16(22)17(23)18(12)24/h8-9,11H,4-7,10H2,1-3H3/t11-/m0/s1. The Morgan fingerprint density at radius 1 is 1.24 bits per heavy atom. The topological polar surface area (TPSA) is 74.6 Å². The summed E-state index contributed by atoms with van der Waals surface area (Å²) in [4.78, 5) is 36.9. The highest BCUT2D eigenvalue weighted by Crippen LogP contribution is 2.27. The van der Waals surface area contributed by atoms with Gasteiger partial charge in [0, 0.05) is 6.61 Å². The zero-order chi connectivity index (χ0) is 21.7. The predicted octanol–water partition coefficient (Wildman–Crippen LogP) is 3.79. The Labute approximate surface area is 165 Å². The van der Waals surface area contributed by atoms with E-state index in [1.54, 1.807) is 6.92 Å². The number of fused-ring (bicyclic) bond motifs is 1. The van der Waals surface area contributed by atoms with E-state index in [9.17, 15) is 27.6 Å². The molecule has 0 saturated heterocycles. The number of carbonyl (C=O) groups excluding carboxylic acids is 2. The molecule has 0 N–H and O–H groups in total. The highest BCUT2D eigenvalue weighted by Gasteiger charge is 2.29. The van der Waals surface area contributed by atoms with Crippen LogP contribution in [0.25, 0.3) is 10.9 Å². The van der Waals surface area contributed by atoms with Crippen LogP contribution >= 0.6 is 0 Å². The number of aldehydes is 1. The van der Waals surface area contributed by atoms with E-state index in [1.165, 1.54) is 6.92 Å². The lowest BCUT2D eigenvalue weighted by atomic mass is 10.0. The fraction of sp³-hybridized carbons (Fsp3) is 0.450. The number of ether oxygens (including phenoxy) is 2. The molecule has 1 aromatic carbocycles. The van der Waals surface area contributed by atoms with Crippen molar-refractivity contribution in [2.75, 3.05) is 19.8 Å². The van der Waals surface area contributed by atoms with Crippen molar-refractivity contribution < 1.29 is 32.2 Å². The van der Waals surface area contributed by atoms with Gasteiger partial charge in [-0.3, -0.25) is 9.59 Å². The van der Waals surface area contributed by atoms with Crippen LogP contribution in [0.4, 0.5) is 13.2 Å². The Bertz CT molecular complexity index is 987. The molecule has 0 fully saturated rings. The summed E-state index contributed by atoms with van der Waals surface area (Å²) in [5.74, 6) is -6.11. The molecule has 0 aliphatic rings. The third-order valence-corrected chi connectivity index (χ3v) is 4.40. The monoisotopic (exact) mass is 413 g/mol. The van der Waals surface area contributed by atoms with E-state index >= 15 is 0 Å². The average molecular weight is 413 g/mol. The molecule has 158 valence electrons. The van der Waals surface area contributed by atoms with E-state index in [1.807, 2.05) is 6.92 Å². The first-order chi connectivity index (χ1) is 13.8. The molecule has 1 aromatic heterocycles. The van der Waals surface area contributed by atoms with Gasteiger partial charge in [-0.2, -0.15) is 0 Å². The highest BCUT2D eigenvalue weighted by molar-refractivity contribution is 6.01. The van der Waals surface area contributed by atoms with Gasteiger partial charge in [0.05, 0.1) is 30.2 Å². The number of rotatable bonds is 9. The summed E-state index contributed by atoms with van der Waals surface area (Å²) < 4.78 is 53.7. The van der Waals surface area contributed by atoms with Gasteiger partial charge < -0.3 is 14.0 Å². The number of pyridine rings is 1. The van der Waals surface area contributed by atoms with Crippen LogP contribution in [-0.4, -0.2) is 36.6 Å². The highest BCUT2D eigenvalue weighted by atomic mass is 19.2. The van der Waals surface area contributed by atoms with Crippen molar-refractivity contribution in [2.45, 2.75) is 39.7 Å². The maximum atomic E-state index is 14.7. The van der Waals surface area contributed by atoms with Gasteiger partial charge in [0.15, 0.2) is 23.7 Å². The Balaban J connectivity index is 2.85. The Kier molecular flexibility index (Phi) is 7.55. The molecule has 0 aliphatic carbocycles. The average Bonchev–Trinajstić information content (AvgIpc) is 2.69. The van der Waals surface area contributed by atoms with Crippen molar-refractivity contribution in [3.63, 3.8) is 0 Å². The normalized spacial score (nSPS) is 12.2.